The number of methoxy groups -OCH3 is 1. The maximum absolute atomic E-state index is 13.4. The summed E-state index contributed by atoms with van der Waals surface area (Å²) in [5.41, 5.74) is 2.70. The molecule has 1 fully saturated rings. The molecule has 1 aliphatic rings. The molecule has 2 atom stereocenters. The second-order valence-electron chi connectivity index (χ2n) is 8.17. The van der Waals surface area contributed by atoms with E-state index in [2.05, 4.69) is 4.98 Å². The van der Waals surface area contributed by atoms with E-state index in [1.54, 1.807) is 30.3 Å². The molecule has 2 heterocycles. The summed E-state index contributed by atoms with van der Waals surface area (Å²) < 4.78 is 24.4. The minimum absolute atomic E-state index is 0.137. The fourth-order valence-corrected chi connectivity index (χ4v) is 4.28. The number of cyclic esters (lactones) is 1. The van der Waals surface area contributed by atoms with Crippen LogP contribution in [0.2, 0.25) is 0 Å². The molecule has 3 aromatic rings. The monoisotopic (exact) mass is 450 g/mol. The molecule has 7 heteroatoms. The highest BCUT2D eigenvalue weighted by molar-refractivity contribution is 5.70. The molecule has 0 aliphatic carbocycles. The van der Waals surface area contributed by atoms with Crippen LogP contribution in [0.5, 0.6) is 5.88 Å². The topological polar surface area (TPSA) is 71.9 Å². The lowest BCUT2D eigenvalue weighted by Gasteiger charge is -2.43. The summed E-state index contributed by atoms with van der Waals surface area (Å²) in [5, 5.41) is 9.60. The van der Waals surface area contributed by atoms with Gasteiger partial charge in [-0.05, 0) is 41.8 Å². The molecule has 0 spiro atoms. The first-order valence-corrected chi connectivity index (χ1v) is 10.9. The highest BCUT2D eigenvalue weighted by Gasteiger charge is 2.43. The van der Waals surface area contributed by atoms with Gasteiger partial charge in [0.05, 0.1) is 13.2 Å². The van der Waals surface area contributed by atoms with Crippen molar-refractivity contribution in [1.82, 2.24) is 9.88 Å². The van der Waals surface area contributed by atoms with Gasteiger partial charge < -0.3 is 19.5 Å². The van der Waals surface area contributed by atoms with Crippen molar-refractivity contribution in [1.29, 1.82) is 0 Å². The summed E-state index contributed by atoms with van der Waals surface area (Å²) >= 11 is 0. The highest BCUT2D eigenvalue weighted by atomic mass is 19.1. The molecule has 1 saturated heterocycles. The van der Waals surface area contributed by atoms with Crippen molar-refractivity contribution in [3.8, 4) is 17.0 Å². The maximum atomic E-state index is 13.4. The molecule has 2 aromatic carbocycles. The van der Waals surface area contributed by atoms with E-state index in [0.717, 1.165) is 16.7 Å². The molecule has 1 aliphatic heterocycles. The van der Waals surface area contributed by atoms with Crippen LogP contribution in [0.1, 0.15) is 36.9 Å². The van der Waals surface area contributed by atoms with E-state index in [1.165, 1.54) is 12.1 Å². The van der Waals surface area contributed by atoms with Crippen molar-refractivity contribution >= 4 is 6.09 Å². The van der Waals surface area contributed by atoms with Crippen LogP contribution < -0.4 is 4.74 Å². The summed E-state index contributed by atoms with van der Waals surface area (Å²) in [6.45, 7) is 2.28. The second kappa shape index (κ2) is 9.58. The van der Waals surface area contributed by atoms with Crippen LogP contribution in [0, 0.1) is 5.82 Å². The maximum Gasteiger partial charge on any atom is 0.411 e. The van der Waals surface area contributed by atoms with E-state index in [1.807, 2.05) is 43.3 Å². The number of aliphatic hydroxyl groups is 1. The number of pyridine rings is 1. The minimum atomic E-state index is -0.957. The van der Waals surface area contributed by atoms with Gasteiger partial charge in [-0.25, -0.2) is 14.2 Å². The number of aliphatic hydroxyl groups excluding tert-OH is 1. The molecule has 6 nitrogen and oxygen atoms in total. The van der Waals surface area contributed by atoms with Crippen molar-refractivity contribution in [3.05, 3.63) is 83.8 Å². The molecule has 1 amide bonds. The minimum Gasteiger partial charge on any atom is -0.481 e. The van der Waals surface area contributed by atoms with Gasteiger partial charge in [-0.2, -0.15) is 0 Å². The van der Waals surface area contributed by atoms with E-state index < -0.39 is 11.7 Å². The number of hydrogen-bond acceptors (Lipinski definition) is 5. The van der Waals surface area contributed by atoms with Gasteiger partial charge in [0.15, 0.2) is 0 Å². The Morgan fingerprint density at radius 1 is 1.12 bits per heavy atom. The number of hydrogen-bond donors (Lipinski definition) is 1. The molecule has 0 unspecified atom stereocenters. The SMILES string of the molecule is COc1ccc(-c2ccc([C@H](C)N3CC[C@](CCO)(c4ccc(F)cc4)OC3=O)cc2)cn1. The Morgan fingerprint density at radius 3 is 2.39 bits per heavy atom. The number of halogens is 1. The zero-order valence-electron chi connectivity index (χ0n) is 18.7. The van der Waals surface area contributed by atoms with Gasteiger partial charge in [-0.15, -0.1) is 0 Å². The number of nitrogens with zero attached hydrogens (tertiary/aromatic N) is 2. The van der Waals surface area contributed by atoms with E-state index in [0.29, 0.717) is 24.4 Å². The zero-order valence-corrected chi connectivity index (χ0v) is 18.7. The molecule has 0 radical (unpaired) electrons. The Labute approximate surface area is 192 Å². The van der Waals surface area contributed by atoms with E-state index in [-0.39, 0.29) is 24.9 Å². The van der Waals surface area contributed by atoms with Crippen LogP contribution >= 0.6 is 0 Å². The quantitative estimate of drug-likeness (QED) is 0.544. The van der Waals surface area contributed by atoms with Gasteiger partial charge in [-0.3, -0.25) is 0 Å². The highest BCUT2D eigenvalue weighted by Crippen LogP contribution is 2.39. The number of carbonyl (C=O) groups is 1. The third-order valence-corrected chi connectivity index (χ3v) is 6.30. The molecular formula is C26H27FN2O4. The standard InChI is InChI=1S/C26H27FN2O4/c1-18(19-3-5-20(6-4-19)21-7-12-24(32-2)28-17-21)29-15-13-26(14-16-30,33-25(29)31)22-8-10-23(27)11-9-22/h3-12,17-18,30H,13-16H2,1-2H3/t18-,26-/m0/s1. The van der Waals surface area contributed by atoms with Gasteiger partial charge >= 0.3 is 6.09 Å². The fraction of sp³-hybridized carbons (Fsp3) is 0.308. The van der Waals surface area contributed by atoms with Crippen molar-refractivity contribution in [3.63, 3.8) is 0 Å². The number of carbonyl (C=O) groups excluding carboxylic acids is 1. The van der Waals surface area contributed by atoms with E-state index in [4.69, 9.17) is 9.47 Å². The third kappa shape index (κ3) is 4.68. The average molecular weight is 451 g/mol. The molecule has 0 bridgehead atoms. The Balaban J connectivity index is 1.49. The number of benzene rings is 2. The van der Waals surface area contributed by atoms with Crippen molar-refractivity contribution in [2.24, 2.45) is 0 Å². The van der Waals surface area contributed by atoms with E-state index >= 15 is 0 Å². The largest absolute Gasteiger partial charge is 0.481 e. The molecule has 33 heavy (non-hydrogen) atoms. The fourth-order valence-electron chi connectivity index (χ4n) is 4.28. The first kappa shape index (κ1) is 22.7. The molecule has 1 aromatic heterocycles. The summed E-state index contributed by atoms with van der Waals surface area (Å²) in [7, 11) is 1.58. The molecule has 172 valence electrons. The van der Waals surface area contributed by atoms with Crippen LogP contribution in [0.15, 0.2) is 66.9 Å². The Morgan fingerprint density at radius 2 is 1.82 bits per heavy atom. The normalized spacial score (nSPS) is 19.2. The predicted molar refractivity (Wildman–Crippen MR) is 122 cm³/mol. The van der Waals surface area contributed by atoms with E-state index in [9.17, 15) is 14.3 Å². The zero-order chi connectivity index (χ0) is 23.4. The summed E-state index contributed by atoms with van der Waals surface area (Å²) in [6, 6.07) is 17.5. The van der Waals surface area contributed by atoms with Crippen molar-refractivity contribution < 1.29 is 23.8 Å². The van der Waals surface area contributed by atoms with Crippen molar-refractivity contribution in [2.45, 2.75) is 31.4 Å². The Bertz CT molecular complexity index is 1090. The lowest BCUT2D eigenvalue weighted by molar-refractivity contribution is -0.0718. The smallest absolute Gasteiger partial charge is 0.411 e. The average Bonchev–Trinajstić information content (AvgIpc) is 2.84. The molecular weight excluding hydrogens is 423 g/mol. The lowest BCUT2D eigenvalue weighted by atomic mass is 9.85. The molecule has 4 rings (SSSR count). The van der Waals surface area contributed by atoms with Crippen molar-refractivity contribution in [2.75, 3.05) is 20.3 Å². The first-order valence-electron chi connectivity index (χ1n) is 10.9. The molecule has 1 N–H and O–H groups in total. The first-order chi connectivity index (χ1) is 16.0. The Kier molecular flexibility index (Phi) is 6.60. The number of aromatic nitrogens is 1. The van der Waals surface area contributed by atoms with Crippen LogP contribution in [-0.4, -0.2) is 41.3 Å². The predicted octanol–water partition coefficient (Wildman–Crippen LogP) is 5.08. The lowest BCUT2D eigenvalue weighted by Crippen LogP contribution is -2.49. The molecule has 0 saturated carbocycles. The van der Waals surface area contributed by atoms with Gasteiger partial charge in [0.25, 0.3) is 0 Å². The van der Waals surface area contributed by atoms with Gasteiger partial charge in [0, 0.05) is 43.8 Å². The van der Waals surface area contributed by atoms with Gasteiger partial charge in [0.2, 0.25) is 5.88 Å². The van der Waals surface area contributed by atoms with Crippen LogP contribution in [0.4, 0.5) is 9.18 Å². The summed E-state index contributed by atoms with van der Waals surface area (Å²) in [4.78, 5) is 18.9. The third-order valence-electron chi connectivity index (χ3n) is 6.30. The summed E-state index contributed by atoms with van der Waals surface area (Å²) in [6.07, 6.45) is 2.08. The second-order valence-corrected chi connectivity index (χ2v) is 8.17. The van der Waals surface area contributed by atoms with Crippen LogP contribution in [0.3, 0.4) is 0 Å². The van der Waals surface area contributed by atoms with Gasteiger partial charge in [0.1, 0.15) is 11.4 Å². The number of ether oxygens (including phenoxy) is 2. The van der Waals surface area contributed by atoms with Crippen LogP contribution in [-0.2, 0) is 10.3 Å². The summed E-state index contributed by atoms with van der Waals surface area (Å²) in [5.74, 6) is 0.203. The van der Waals surface area contributed by atoms with Gasteiger partial charge in [-0.1, -0.05) is 36.4 Å². The number of rotatable bonds is 7. The Hall–Kier alpha value is -3.45. The number of amides is 1. The van der Waals surface area contributed by atoms with Crippen LogP contribution in [0.25, 0.3) is 11.1 Å².